The average Bonchev–Trinajstić information content (AvgIpc) is 3.07. The van der Waals surface area contributed by atoms with Crippen LogP contribution in [0.1, 0.15) is 62.7 Å². The third kappa shape index (κ3) is 7.40. The van der Waals surface area contributed by atoms with E-state index in [0.29, 0.717) is 11.3 Å². The smallest absolute Gasteiger partial charge is 0.405 e. The normalized spacial score (nSPS) is 13.3. The van der Waals surface area contributed by atoms with Gasteiger partial charge in [0.2, 0.25) is 0 Å². The first kappa shape index (κ1) is 31.0. The Hall–Kier alpha value is -1.27. The summed E-state index contributed by atoms with van der Waals surface area (Å²) in [4.78, 5) is 12.0. The van der Waals surface area contributed by atoms with E-state index in [0.717, 1.165) is 0 Å². The molecule has 1 aromatic heterocycles. The van der Waals surface area contributed by atoms with Gasteiger partial charge in [-0.15, -0.1) is 11.3 Å². The largest absolute Gasteiger partial charge is 0.492 e. The predicted octanol–water partition coefficient (Wildman–Crippen LogP) is 8.66. The second-order valence-electron chi connectivity index (χ2n) is 8.54. The summed E-state index contributed by atoms with van der Waals surface area (Å²) in [7, 11) is -4.96. The molecule has 2 rings (SSSR count). The molecule has 0 N–H and O–H groups in total. The van der Waals surface area contributed by atoms with E-state index in [9.17, 15) is 22.5 Å². The van der Waals surface area contributed by atoms with Crippen LogP contribution in [0.2, 0.25) is 0 Å². The van der Waals surface area contributed by atoms with Crippen molar-refractivity contribution in [1.82, 2.24) is 0 Å². The lowest BCUT2D eigenvalue weighted by atomic mass is 10.1. The number of halogens is 6. The molecule has 0 aliphatic carbocycles. The van der Waals surface area contributed by atoms with Gasteiger partial charge in [-0.05, 0) is 69.1 Å². The predicted molar refractivity (Wildman–Crippen MR) is 130 cm³/mol. The molecule has 0 spiro atoms. The molecule has 0 unspecified atom stereocenters. The number of fused-ring (bicyclic) bond motifs is 1. The quantitative estimate of drug-likeness (QED) is 0.108. The Bertz CT molecular complexity index is 1120. The van der Waals surface area contributed by atoms with Crippen LogP contribution >= 0.6 is 34.9 Å². The molecule has 0 saturated carbocycles. The summed E-state index contributed by atoms with van der Waals surface area (Å²) in [6.07, 6.45) is -5.88. The summed E-state index contributed by atoms with van der Waals surface area (Å²) < 4.78 is 102. The van der Waals surface area contributed by atoms with Crippen molar-refractivity contribution in [3.63, 3.8) is 0 Å². The zero-order valence-corrected chi connectivity index (χ0v) is 23.6. The molecule has 0 aliphatic heterocycles. The Morgan fingerprint density at radius 1 is 1.06 bits per heavy atom. The van der Waals surface area contributed by atoms with Crippen LogP contribution in [-0.4, -0.2) is 37.6 Å². The lowest BCUT2D eigenvalue weighted by molar-refractivity contribution is -0.136. The van der Waals surface area contributed by atoms with E-state index >= 15 is 8.78 Å². The summed E-state index contributed by atoms with van der Waals surface area (Å²) >= 11 is 3.62. The van der Waals surface area contributed by atoms with Gasteiger partial charge in [0, 0.05) is 16.3 Å². The number of hydrogen-bond acceptors (Lipinski definition) is 7. The summed E-state index contributed by atoms with van der Waals surface area (Å²) in [6, 6.07) is 2.51. The van der Waals surface area contributed by atoms with Crippen LogP contribution in [-0.2, 0) is 24.0 Å². The fraction of sp³-hybridized carbons (Fsp3) is 0.591. The third-order valence-electron chi connectivity index (χ3n) is 4.41. The lowest BCUT2D eigenvalue weighted by Gasteiger charge is -2.25. The number of rotatable bonds is 11. The molecule has 0 bridgehead atoms. The van der Waals surface area contributed by atoms with Gasteiger partial charge in [0.05, 0.1) is 30.1 Å². The number of alkyl halides is 5. The molecule has 204 valence electrons. The van der Waals surface area contributed by atoms with E-state index in [1.165, 1.54) is 26.0 Å². The Morgan fingerprint density at radius 3 is 2.14 bits per heavy atom. The van der Waals surface area contributed by atoms with Crippen LogP contribution in [0.3, 0.4) is 0 Å². The number of carbonyl (C=O) groups excluding carboxylic acids is 1. The van der Waals surface area contributed by atoms with Crippen molar-refractivity contribution in [3.8, 4) is 5.75 Å². The first-order valence-electron chi connectivity index (χ1n) is 10.9. The maximum Gasteiger partial charge on any atom is 0.405 e. The van der Waals surface area contributed by atoms with Gasteiger partial charge in [0.25, 0.3) is 0 Å². The van der Waals surface area contributed by atoms with Crippen molar-refractivity contribution in [3.05, 3.63) is 27.0 Å². The highest BCUT2D eigenvalue weighted by Crippen LogP contribution is 2.69. The molecule has 0 radical (unpaired) electrons. The van der Waals surface area contributed by atoms with Crippen molar-refractivity contribution in [2.75, 3.05) is 19.8 Å². The number of ether oxygens (including phenoxy) is 2. The highest BCUT2D eigenvalue weighted by molar-refractivity contribution is 9.10. The van der Waals surface area contributed by atoms with E-state index in [-0.39, 0.29) is 52.1 Å². The van der Waals surface area contributed by atoms with Gasteiger partial charge in [-0.25, -0.2) is 4.79 Å². The summed E-state index contributed by atoms with van der Waals surface area (Å²) in [5.74, 6) is -0.879. The van der Waals surface area contributed by atoms with Gasteiger partial charge in [-0.2, -0.15) is 22.0 Å². The number of hydrogen-bond donors (Lipinski definition) is 0. The zero-order chi connectivity index (χ0) is 27.5. The molecule has 1 heterocycles. The molecule has 14 heteroatoms. The maximum absolute atomic E-state index is 15.5. The van der Waals surface area contributed by atoms with Crippen molar-refractivity contribution in [2.24, 2.45) is 0 Å². The van der Waals surface area contributed by atoms with E-state index in [1.54, 1.807) is 20.8 Å². The molecule has 2 aromatic rings. The molecule has 6 nitrogen and oxygen atoms in total. The second kappa shape index (κ2) is 11.6. The third-order valence-corrected chi connectivity index (χ3v) is 9.04. The number of esters is 1. The highest BCUT2D eigenvalue weighted by atomic mass is 79.9. The van der Waals surface area contributed by atoms with Crippen LogP contribution in [0.5, 0.6) is 5.75 Å². The van der Waals surface area contributed by atoms with Crippen LogP contribution in [0.4, 0.5) is 22.0 Å². The Kier molecular flexibility index (Phi) is 10.0. The Labute approximate surface area is 218 Å². The molecular formula is C22H27BrF5O6PS. The molecule has 0 fully saturated rings. The van der Waals surface area contributed by atoms with Gasteiger partial charge in [-0.3, -0.25) is 4.57 Å². The topological polar surface area (TPSA) is 71.1 Å². The zero-order valence-electron chi connectivity index (χ0n) is 20.3. The van der Waals surface area contributed by atoms with Crippen LogP contribution in [0.25, 0.3) is 10.1 Å². The molecule has 0 atom stereocenters. The Morgan fingerprint density at radius 2 is 1.64 bits per heavy atom. The summed E-state index contributed by atoms with van der Waals surface area (Å²) in [5.41, 5.74) is -5.01. The number of thiophene rings is 1. The van der Waals surface area contributed by atoms with Gasteiger partial charge < -0.3 is 18.5 Å². The van der Waals surface area contributed by atoms with Gasteiger partial charge in [-0.1, -0.05) is 0 Å². The molecule has 1 aromatic carbocycles. The van der Waals surface area contributed by atoms with Crippen LogP contribution in [0, 0.1) is 0 Å². The second-order valence-corrected chi connectivity index (χ2v) is 12.4. The van der Waals surface area contributed by atoms with Crippen molar-refractivity contribution in [2.45, 2.75) is 64.9 Å². The fourth-order valence-electron chi connectivity index (χ4n) is 3.01. The Balaban J connectivity index is 2.64. The van der Waals surface area contributed by atoms with Gasteiger partial charge >= 0.3 is 25.4 Å². The fourth-order valence-corrected chi connectivity index (χ4v) is 7.03. The van der Waals surface area contributed by atoms with E-state index in [2.05, 4.69) is 15.9 Å². The summed E-state index contributed by atoms with van der Waals surface area (Å²) in [6.45, 7) is 6.70. The molecular weight excluding hydrogens is 598 g/mol. The minimum absolute atomic E-state index is 0.0607. The molecule has 0 aliphatic rings. The first-order chi connectivity index (χ1) is 16.5. The molecule has 36 heavy (non-hydrogen) atoms. The number of benzene rings is 1. The SMILES string of the molecule is CCOP(=O)(OCC)C(F)(F)c1sc2c(OCCCC(F)(F)F)cc(C(=O)OC(C)(C)C)cc2c1Br. The molecule has 0 amide bonds. The molecule has 0 saturated heterocycles. The monoisotopic (exact) mass is 624 g/mol. The minimum atomic E-state index is -4.96. The standard InChI is InChI=1S/C22H27BrF5O6PS/c1-6-32-35(30,33-7-2)22(27,28)18-16(23)14-11-13(19(29)34-20(3,4)5)12-15(17(14)36-18)31-10-8-9-21(24,25)26/h11-12H,6-10H2,1-5H3. The maximum atomic E-state index is 15.5. The van der Waals surface area contributed by atoms with E-state index < -0.39 is 42.3 Å². The van der Waals surface area contributed by atoms with Crippen LogP contribution in [0.15, 0.2) is 16.6 Å². The lowest BCUT2D eigenvalue weighted by Crippen LogP contribution is -2.23. The van der Waals surface area contributed by atoms with Crippen molar-refractivity contribution >= 4 is 50.9 Å². The van der Waals surface area contributed by atoms with E-state index in [1.807, 2.05) is 0 Å². The van der Waals surface area contributed by atoms with Crippen molar-refractivity contribution in [1.29, 1.82) is 0 Å². The first-order valence-corrected chi connectivity index (χ1v) is 14.1. The van der Waals surface area contributed by atoms with Gasteiger partial charge in [0.15, 0.2) is 0 Å². The van der Waals surface area contributed by atoms with E-state index in [4.69, 9.17) is 18.5 Å². The highest BCUT2D eigenvalue weighted by Gasteiger charge is 2.57. The number of carbonyl (C=O) groups is 1. The van der Waals surface area contributed by atoms with Crippen LogP contribution < -0.4 is 4.74 Å². The summed E-state index contributed by atoms with van der Waals surface area (Å²) in [5, 5.41) is 0.100. The minimum Gasteiger partial charge on any atom is -0.492 e. The van der Waals surface area contributed by atoms with Crippen molar-refractivity contribution < 1.29 is 49.8 Å². The van der Waals surface area contributed by atoms with Gasteiger partial charge in [0.1, 0.15) is 16.2 Å². The average molecular weight is 625 g/mol.